The molecule has 1 rings (SSSR count). The van der Waals surface area contributed by atoms with Gasteiger partial charge in [0.2, 0.25) is 5.91 Å². The van der Waals surface area contributed by atoms with Crippen LogP contribution in [0, 0.1) is 0 Å². The highest BCUT2D eigenvalue weighted by Gasteiger charge is 2.26. The lowest BCUT2D eigenvalue weighted by molar-refractivity contribution is -0.136. The van der Waals surface area contributed by atoms with Crippen LogP contribution >= 0.6 is 0 Å². The van der Waals surface area contributed by atoms with E-state index in [0.717, 1.165) is 32.5 Å². The average Bonchev–Trinajstić information content (AvgIpc) is 2.28. The average molecular weight is 214 g/mol. The van der Waals surface area contributed by atoms with Gasteiger partial charge in [0, 0.05) is 19.7 Å². The van der Waals surface area contributed by atoms with E-state index in [1.807, 2.05) is 25.8 Å². The maximum absolute atomic E-state index is 11.9. The number of hydrogen-bond donors (Lipinski definition) is 1. The molecule has 2 unspecified atom stereocenters. The molecule has 2 atom stereocenters. The smallest absolute Gasteiger partial charge is 0.239 e. The molecule has 1 amide bonds. The predicted octanol–water partition coefficient (Wildman–Crippen LogP) is 0.622. The van der Waals surface area contributed by atoms with Crippen molar-refractivity contribution in [2.45, 2.75) is 38.8 Å². The molecule has 0 spiro atoms. The molecule has 0 aromatic heterocycles. The Morgan fingerprint density at radius 1 is 1.67 bits per heavy atom. The van der Waals surface area contributed by atoms with E-state index in [1.54, 1.807) is 0 Å². The van der Waals surface area contributed by atoms with Gasteiger partial charge in [0.15, 0.2) is 0 Å². The van der Waals surface area contributed by atoms with E-state index in [4.69, 9.17) is 4.74 Å². The Hall–Kier alpha value is -0.610. The standard InChI is InChI=1S/C11H22N2O2/c1-4-15-10-6-5-7-13(8-10)11(14)9(2)12-3/h9-10,12H,4-8H2,1-3H3. The largest absolute Gasteiger partial charge is 0.377 e. The highest BCUT2D eigenvalue weighted by molar-refractivity contribution is 5.81. The van der Waals surface area contributed by atoms with Crippen LogP contribution in [0.5, 0.6) is 0 Å². The van der Waals surface area contributed by atoms with E-state index in [-0.39, 0.29) is 18.1 Å². The molecule has 1 fully saturated rings. The number of rotatable bonds is 4. The van der Waals surface area contributed by atoms with Crippen molar-refractivity contribution in [2.24, 2.45) is 0 Å². The SMILES string of the molecule is CCOC1CCCN(C(=O)C(C)NC)C1. The molecule has 0 radical (unpaired) electrons. The molecule has 4 nitrogen and oxygen atoms in total. The van der Waals surface area contributed by atoms with Gasteiger partial charge in [-0.2, -0.15) is 0 Å². The number of ether oxygens (including phenoxy) is 1. The first-order valence-corrected chi connectivity index (χ1v) is 5.76. The molecular weight excluding hydrogens is 192 g/mol. The number of nitrogens with one attached hydrogen (secondary N) is 1. The summed E-state index contributed by atoms with van der Waals surface area (Å²) in [5.41, 5.74) is 0. The zero-order valence-corrected chi connectivity index (χ0v) is 9.95. The molecule has 1 saturated heterocycles. The molecule has 15 heavy (non-hydrogen) atoms. The van der Waals surface area contributed by atoms with Crippen LogP contribution in [0.2, 0.25) is 0 Å². The van der Waals surface area contributed by atoms with Gasteiger partial charge in [0.1, 0.15) is 0 Å². The summed E-state index contributed by atoms with van der Waals surface area (Å²) in [6, 6.07) is -0.0922. The topological polar surface area (TPSA) is 41.6 Å². The summed E-state index contributed by atoms with van der Waals surface area (Å²) in [4.78, 5) is 13.8. The molecule has 0 aromatic carbocycles. The van der Waals surface area contributed by atoms with Crippen LogP contribution in [0.3, 0.4) is 0 Å². The Morgan fingerprint density at radius 2 is 2.40 bits per heavy atom. The Bertz CT molecular complexity index is 207. The van der Waals surface area contributed by atoms with E-state index in [0.29, 0.717) is 0 Å². The van der Waals surface area contributed by atoms with Crippen LogP contribution in [0.4, 0.5) is 0 Å². The van der Waals surface area contributed by atoms with E-state index in [1.165, 1.54) is 0 Å². The van der Waals surface area contributed by atoms with Crippen LogP contribution in [0.1, 0.15) is 26.7 Å². The molecule has 1 N–H and O–H groups in total. The summed E-state index contributed by atoms with van der Waals surface area (Å²) >= 11 is 0. The molecule has 0 saturated carbocycles. The van der Waals surface area contributed by atoms with E-state index >= 15 is 0 Å². The summed E-state index contributed by atoms with van der Waals surface area (Å²) in [7, 11) is 1.81. The number of amides is 1. The Kier molecular flexibility index (Phi) is 5.05. The zero-order chi connectivity index (χ0) is 11.3. The number of likely N-dealkylation sites (tertiary alicyclic amines) is 1. The fourth-order valence-electron chi connectivity index (χ4n) is 1.91. The molecule has 1 aliphatic rings. The highest BCUT2D eigenvalue weighted by atomic mass is 16.5. The van der Waals surface area contributed by atoms with Gasteiger partial charge in [-0.15, -0.1) is 0 Å². The molecule has 0 aromatic rings. The predicted molar refractivity (Wildman–Crippen MR) is 59.7 cm³/mol. The van der Waals surface area contributed by atoms with Gasteiger partial charge in [-0.05, 0) is 33.7 Å². The van der Waals surface area contributed by atoms with Gasteiger partial charge in [-0.1, -0.05) is 0 Å². The van der Waals surface area contributed by atoms with Crippen molar-refractivity contribution in [2.75, 3.05) is 26.7 Å². The summed E-state index contributed by atoms with van der Waals surface area (Å²) in [6.07, 6.45) is 2.36. The van der Waals surface area contributed by atoms with Crippen LogP contribution < -0.4 is 5.32 Å². The first-order valence-electron chi connectivity index (χ1n) is 5.76. The van der Waals surface area contributed by atoms with E-state index in [2.05, 4.69) is 5.32 Å². The van der Waals surface area contributed by atoms with Crippen molar-refractivity contribution in [3.63, 3.8) is 0 Å². The minimum Gasteiger partial charge on any atom is -0.377 e. The van der Waals surface area contributed by atoms with Gasteiger partial charge in [0.05, 0.1) is 12.1 Å². The van der Waals surface area contributed by atoms with E-state index < -0.39 is 0 Å². The first-order chi connectivity index (χ1) is 7.19. The third kappa shape index (κ3) is 3.47. The fraction of sp³-hybridized carbons (Fsp3) is 0.909. The quantitative estimate of drug-likeness (QED) is 0.746. The van der Waals surface area contributed by atoms with Crippen molar-refractivity contribution in [3.8, 4) is 0 Å². The van der Waals surface area contributed by atoms with Gasteiger partial charge in [-0.3, -0.25) is 4.79 Å². The molecule has 1 aliphatic heterocycles. The molecule has 4 heteroatoms. The lowest BCUT2D eigenvalue weighted by atomic mass is 10.1. The number of carbonyl (C=O) groups is 1. The number of hydrogen-bond acceptors (Lipinski definition) is 3. The van der Waals surface area contributed by atoms with Crippen LogP contribution in [0.15, 0.2) is 0 Å². The van der Waals surface area contributed by atoms with Crippen LogP contribution in [0.25, 0.3) is 0 Å². The summed E-state index contributed by atoms with van der Waals surface area (Å²) in [5.74, 6) is 0.182. The third-order valence-electron chi connectivity index (χ3n) is 2.90. The molecule has 0 bridgehead atoms. The number of carbonyl (C=O) groups excluding carboxylic acids is 1. The third-order valence-corrected chi connectivity index (χ3v) is 2.90. The summed E-state index contributed by atoms with van der Waals surface area (Å²) in [5, 5.41) is 2.98. The second-order valence-electron chi connectivity index (χ2n) is 4.01. The molecule has 1 heterocycles. The lowest BCUT2D eigenvalue weighted by Gasteiger charge is -2.34. The van der Waals surface area contributed by atoms with Crippen molar-refractivity contribution in [1.82, 2.24) is 10.2 Å². The summed E-state index contributed by atoms with van der Waals surface area (Å²) in [6.45, 7) is 6.24. The van der Waals surface area contributed by atoms with Crippen LogP contribution in [-0.4, -0.2) is 49.7 Å². The number of likely N-dealkylation sites (N-methyl/N-ethyl adjacent to an activating group) is 1. The van der Waals surface area contributed by atoms with Gasteiger partial charge < -0.3 is 15.0 Å². The Morgan fingerprint density at radius 3 is 3.00 bits per heavy atom. The molecule has 0 aliphatic carbocycles. The monoisotopic (exact) mass is 214 g/mol. The molecule has 88 valence electrons. The minimum atomic E-state index is -0.0922. The van der Waals surface area contributed by atoms with Crippen molar-refractivity contribution >= 4 is 5.91 Å². The van der Waals surface area contributed by atoms with Gasteiger partial charge >= 0.3 is 0 Å². The van der Waals surface area contributed by atoms with Crippen molar-refractivity contribution in [1.29, 1.82) is 0 Å². The molecular formula is C11H22N2O2. The second-order valence-corrected chi connectivity index (χ2v) is 4.01. The maximum Gasteiger partial charge on any atom is 0.239 e. The number of piperidine rings is 1. The second kappa shape index (κ2) is 6.08. The van der Waals surface area contributed by atoms with Crippen molar-refractivity contribution in [3.05, 3.63) is 0 Å². The lowest BCUT2D eigenvalue weighted by Crippen LogP contribution is -2.49. The Balaban J connectivity index is 2.44. The van der Waals surface area contributed by atoms with Crippen molar-refractivity contribution < 1.29 is 9.53 Å². The highest BCUT2D eigenvalue weighted by Crippen LogP contribution is 2.13. The number of nitrogens with zero attached hydrogens (tertiary/aromatic N) is 1. The maximum atomic E-state index is 11.9. The van der Waals surface area contributed by atoms with Crippen LogP contribution in [-0.2, 0) is 9.53 Å². The van der Waals surface area contributed by atoms with E-state index in [9.17, 15) is 4.79 Å². The van der Waals surface area contributed by atoms with Gasteiger partial charge in [-0.25, -0.2) is 0 Å². The zero-order valence-electron chi connectivity index (χ0n) is 9.95. The Labute approximate surface area is 92.0 Å². The fourth-order valence-corrected chi connectivity index (χ4v) is 1.91. The minimum absolute atomic E-state index is 0.0922. The van der Waals surface area contributed by atoms with Gasteiger partial charge in [0.25, 0.3) is 0 Å². The first kappa shape index (κ1) is 12.5. The summed E-state index contributed by atoms with van der Waals surface area (Å²) < 4.78 is 5.56. The normalized spacial score (nSPS) is 23.9.